The zero-order valence-corrected chi connectivity index (χ0v) is 23.6. The molecule has 40 heavy (non-hydrogen) atoms. The molecular weight excluding hydrogens is 517 g/mol. The molecule has 1 saturated carbocycles. The van der Waals surface area contributed by atoms with E-state index in [9.17, 15) is 0 Å². The first kappa shape index (κ1) is 28.1. The van der Waals surface area contributed by atoms with Crippen LogP contribution in [0.4, 0.5) is 19.0 Å². The molecule has 0 spiro atoms. The van der Waals surface area contributed by atoms with Crippen molar-refractivity contribution in [2.24, 2.45) is 5.92 Å². The molecule has 5 rings (SSSR count). The molecule has 3 heterocycles. The maximum Gasteiger partial charge on any atom is 0.276 e. The third-order valence-electron chi connectivity index (χ3n) is 8.22. The number of hydrogen-bond donors (Lipinski definition) is 1. The second kappa shape index (κ2) is 10.5. The van der Waals surface area contributed by atoms with E-state index in [2.05, 4.69) is 43.9 Å². The average molecular weight is 553 g/mol. The van der Waals surface area contributed by atoms with Crippen molar-refractivity contribution < 1.29 is 17.9 Å². The van der Waals surface area contributed by atoms with Gasteiger partial charge in [0.1, 0.15) is 17.5 Å². The van der Waals surface area contributed by atoms with Crippen molar-refractivity contribution in [1.82, 2.24) is 19.9 Å². The van der Waals surface area contributed by atoms with Gasteiger partial charge in [-0.1, -0.05) is 18.2 Å². The lowest BCUT2D eigenvalue weighted by molar-refractivity contribution is -0.0346. The van der Waals surface area contributed by atoms with Crippen LogP contribution in [-0.4, -0.2) is 46.1 Å². The Labute approximate surface area is 233 Å². The molecule has 3 aromatic rings. The zero-order valence-electron chi connectivity index (χ0n) is 23.6. The number of aromatic nitrogens is 3. The molecule has 1 N–H and O–H groups in total. The maximum absolute atomic E-state index is 15.7. The highest BCUT2D eigenvalue weighted by atomic mass is 19.3. The van der Waals surface area contributed by atoms with Crippen molar-refractivity contribution in [2.45, 2.75) is 76.9 Å². The van der Waals surface area contributed by atoms with Gasteiger partial charge in [-0.15, -0.1) is 0 Å². The lowest BCUT2D eigenvalue weighted by atomic mass is 9.89. The number of pyridine rings is 1. The minimum absolute atomic E-state index is 0.123. The normalized spacial score (nSPS) is 17.9. The summed E-state index contributed by atoms with van der Waals surface area (Å²) in [5, 5.41) is 3.76. The Kier molecular flexibility index (Phi) is 7.38. The van der Waals surface area contributed by atoms with Gasteiger partial charge in [-0.25, -0.2) is 29.7 Å². The van der Waals surface area contributed by atoms with E-state index in [-0.39, 0.29) is 17.9 Å². The van der Waals surface area contributed by atoms with Crippen molar-refractivity contribution in [3.05, 3.63) is 64.0 Å². The number of nitrogens with one attached hydrogen (secondary N) is 1. The second-order valence-electron chi connectivity index (χ2n) is 11.4. The fraction of sp³-hybridized carbons (Fsp3) is 0.533. The lowest BCUT2D eigenvalue weighted by Gasteiger charge is -2.42. The molecule has 10 heteroatoms. The van der Waals surface area contributed by atoms with Crippen LogP contribution in [0.1, 0.15) is 75.0 Å². The molecule has 0 unspecified atom stereocenters. The van der Waals surface area contributed by atoms with Crippen molar-refractivity contribution in [2.75, 3.05) is 25.5 Å². The van der Waals surface area contributed by atoms with E-state index in [4.69, 9.17) is 11.3 Å². The van der Waals surface area contributed by atoms with E-state index in [1.807, 2.05) is 6.07 Å². The minimum Gasteiger partial charge on any atom is -0.481 e. The van der Waals surface area contributed by atoms with Gasteiger partial charge >= 0.3 is 0 Å². The summed E-state index contributed by atoms with van der Waals surface area (Å²) in [6, 6.07) is 5.70. The van der Waals surface area contributed by atoms with Crippen LogP contribution in [0.3, 0.4) is 0 Å². The summed E-state index contributed by atoms with van der Waals surface area (Å²) in [7, 11) is 1.50. The van der Waals surface area contributed by atoms with Crippen LogP contribution in [0.25, 0.3) is 15.9 Å². The van der Waals surface area contributed by atoms with Gasteiger partial charge in [0.2, 0.25) is 5.88 Å². The van der Waals surface area contributed by atoms with Gasteiger partial charge in [0.05, 0.1) is 29.7 Å². The molecule has 0 amide bonds. The molecule has 2 aliphatic rings. The van der Waals surface area contributed by atoms with E-state index in [1.165, 1.54) is 25.3 Å². The van der Waals surface area contributed by atoms with Crippen LogP contribution < -0.4 is 10.1 Å². The first-order chi connectivity index (χ1) is 19.0. The Morgan fingerprint density at radius 2 is 1.93 bits per heavy atom. The molecule has 0 radical (unpaired) electrons. The van der Waals surface area contributed by atoms with Gasteiger partial charge in [0, 0.05) is 44.0 Å². The molecule has 1 aliphatic carbocycles. The highest BCUT2D eigenvalue weighted by molar-refractivity contribution is 5.88. The Bertz CT molecular complexity index is 1460. The summed E-state index contributed by atoms with van der Waals surface area (Å²) < 4.78 is 51.6. The Morgan fingerprint density at radius 1 is 1.20 bits per heavy atom. The highest BCUT2D eigenvalue weighted by Crippen LogP contribution is 2.53. The SMILES string of the molecule is [C-]#[N+]C1(c2cc3c(N[C@H](C)c4cccc(C(F)(F)CCC5CN(C(C)C)C5)c4F)nc(C)nc3nc2OC)CC1. The van der Waals surface area contributed by atoms with Crippen LogP contribution >= 0.6 is 0 Å². The minimum atomic E-state index is -3.27. The van der Waals surface area contributed by atoms with E-state index < -0.39 is 28.9 Å². The van der Waals surface area contributed by atoms with Crippen molar-refractivity contribution in [1.29, 1.82) is 0 Å². The number of nitrogens with zero attached hydrogens (tertiary/aromatic N) is 5. The number of halogens is 3. The Balaban J connectivity index is 1.40. The predicted octanol–water partition coefficient (Wildman–Crippen LogP) is 6.77. The van der Waals surface area contributed by atoms with Crippen molar-refractivity contribution in [3.8, 4) is 5.88 Å². The van der Waals surface area contributed by atoms with Crippen LogP contribution in [-0.2, 0) is 11.5 Å². The topological polar surface area (TPSA) is 67.5 Å². The molecule has 0 bridgehead atoms. The van der Waals surface area contributed by atoms with Gasteiger partial charge in [-0.05, 0) is 46.1 Å². The van der Waals surface area contributed by atoms with Gasteiger partial charge in [0.25, 0.3) is 11.5 Å². The van der Waals surface area contributed by atoms with Crippen LogP contribution in [0.2, 0.25) is 0 Å². The summed E-state index contributed by atoms with van der Waals surface area (Å²) in [5.74, 6) is -2.80. The summed E-state index contributed by atoms with van der Waals surface area (Å²) in [6.45, 7) is 16.9. The third kappa shape index (κ3) is 5.19. The molecule has 2 fully saturated rings. The average Bonchev–Trinajstić information content (AvgIpc) is 3.67. The van der Waals surface area contributed by atoms with Crippen LogP contribution in [0, 0.1) is 25.2 Å². The molecule has 2 aromatic heterocycles. The monoisotopic (exact) mass is 552 g/mol. The number of fused-ring (bicyclic) bond motifs is 1. The number of anilines is 1. The first-order valence-corrected chi connectivity index (χ1v) is 13.8. The maximum atomic E-state index is 15.7. The van der Waals surface area contributed by atoms with E-state index in [0.29, 0.717) is 59.4 Å². The van der Waals surface area contributed by atoms with Crippen molar-refractivity contribution in [3.63, 3.8) is 0 Å². The molecular formula is C30H35F3N6O. The molecule has 7 nitrogen and oxygen atoms in total. The zero-order chi connectivity index (χ0) is 28.8. The van der Waals surface area contributed by atoms with Crippen LogP contribution in [0.5, 0.6) is 5.88 Å². The number of rotatable bonds is 10. The predicted molar refractivity (Wildman–Crippen MR) is 148 cm³/mol. The Hall–Kier alpha value is -3.45. The smallest absolute Gasteiger partial charge is 0.276 e. The summed E-state index contributed by atoms with van der Waals surface area (Å²) in [4.78, 5) is 19.5. The number of hydrogen-bond acceptors (Lipinski definition) is 6. The number of ether oxygens (including phenoxy) is 1. The lowest BCUT2D eigenvalue weighted by Crippen LogP contribution is -2.50. The quantitative estimate of drug-likeness (QED) is 0.280. The van der Waals surface area contributed by atoms with Crippen LogP contribution in [0.15, 0.2) is 24.3 Å². The summed E-state index contributed by atoms with van der Waals surface area (Å²) >= 11 is 0. The summed E-state index contributed by atoms with van der Waals surface area (Å²) in [6.07, 6.45) is 1.37. The highest BCUT2D eigenvalue weighted by Gasteiger charge is 2.55. The fourth-order valence-electron chi connectivity index (χ4n) is 5.49. The molecule has 1 aromatic carbocycles. The Morgan fingerprint density at radius 3 is 2.55 bits per heavy atom. The van der Waals surface area contributed by atoms with Gasteiger partial charge < -0.3 is 19.8 Å². The van der Waals surface area contributed by atoms with Gasteiger partial charge in [-0.3, -0.25) is 0 Å². The van der Waals surface area contributed by atoms with E-state index in [0.717, 1.165) is 13.1 Å². The number of aryl methyl sites for hydroxylation is 1. The van der Waals surface area contributed by atoms with E-state index in [1.54, 1.807) is 13.8 Å². The molecule has 1 saturated heterocycles. The standard InChI is InChI=1S/C30H35F3N6O/c1-17(2)39-15-20(16-39)10-11-30(32,33)23-9-7-8-21(25(23)31)18(3)35-26-22-14-24(29(34-5)12-13-29)28(40-6)38-27(22)37-19(4)36-26/h7-9,14,17-18,20H,10-13,15-16H2,1-4,6H3,(H,35,36,37,38)/t18-/m1/s1. The first-order valence-electron chi connectivity index (χ1n) is 13.8. The molecule has 1 atom stereocenters. The number of likely N-dealkylation sites (tertiary alicyclic amines) is 1. The number of benzene rings is 1. The van der Waals surface area contributed by atoms with Crippen molar-refractivity contribution >= 4 is 16.9 Å². The fourth-order valence-corrected chi connectivity index (χ4v) is 5.49. The largest absolute Gasteiger partial charge is 0.481 e. The van der Waals surface area contributed by atoms with Gasteiger partial charge in [0.15, 0.2) is 5.65 Å². The van der Waals surface area contributed by atoms with E-state index >= 15 is 13.2 Å². The number of methoxy groups -OCH3 is 1. The molecule has 1 aliphatic heterocycles. The number of alkyl halides is 2. The van der Waals surface area contributed by atoms with Gasteiger partial charge in [-0.2, -0.15) is 4.98 Å². The molecule has 212 valence electrons. The third-order valence-corrected chi connectivity index (χ3v) is 8.22. The second-order valence-corrected chi connectivity index (χ2v) is 11.4. The summed E-state index contributed by atoms with van der Waals surface area (Å²) in [5.41, 5.74) is -0.104.